The fourth-order valence-corrected chi connectivity index (χ4v) is 6.76. The van der Waals surface area contributed by atoms with Gasteiger partial charge in [0.05, 0.1) is 0 Å². The third kappa shape index (κ3) is 40.6. The Morgan fingerprint density at radius 2 is 0.625 bits per heavy atom. The van der Waals surface area contributed by atoms with Crippen molar-refractivity contribution in [3.8, 4) is 0 Å². The van der Waals surface area contributed by atoms with Gasteiger partial charge >= 0.3 is 11.9 Å². The summed E-state index contributed by atoms with van der Waals surface area (Å²) in [4.78, 5) is 21.1. The van der Waals surface area contributed by atoms with Crippen molar-refractivity contribution in [3.05, 3.63) is 23.8 Å². The minimum atomic E-state index is -0.660. The summed E-state index contributed by atoms with van der Waals surface area (Å²) in [5.41, 5.74) is 1.75. The van der Waals surface area contributed by atoms with Crippen LogP contribution in [0.3, 0.4) is 0 Å². The summed E-state index contributed by atoms with van der Waals surface area (Å²) in [6.45, 7) is 2.30. The molecule has 0 heterocycles. The van der Waals surface area contributed by atoms with Gasteiger partial charge in [-0.3, -0.25) is 9.59 Å². The average Bonchev–Trinajstić information content (AvgIpc) is 3.06. The first-order valence-corrected chi connectivity index (χ1v) is 21.3. The second-order valence-corrected chi connectivity index (χ2v) is 14.7. The minimum Gasteiger partial charge on any atom is -0.481 e. The van der Waals surface area contributed by atoms with Crippen LogP contribution >= 0.6 is 0 Å². The molecule has 0 rings (SSSR count). The molecule has 0 aliphatic rings. The summed E-state index contributed by atoms with van der Waals surface area (Å²) < 4.78 is 0. The zero-order valence-corrected chi connectivity index (χ0v) is 32.1. The molecule has 0 aromatic heterocycles. The predicted octanol–water partition coefficient (Wildman–Crippen LogP) is 15.1. The van der Waals surface area contributed by atoms with Crippen LogP contribution in [0.5, 0.6) is 0 Å². The largest absolute Gasteiger partial charge is 0.481 e. The van der Waals surface area contributed by atoms with Gasteiger partial charge in [0.1, 0.15) is 0 Å². The first kappa shape index (κ1) is 46.4. The van der Waals surface area contributed by atoms with Gasteiger partial charge in [0.25, 0.3) is 0 Å². The van der Waals surface area contributed by atoms with E-state index in [0.717, 1.165) is 25.7 Å². The molecule has 282 valence electrons. The molecular formula is C44H82O4. The van der Waals surface area contributed by atoms with Crippen molar-refractivity contribution in [1.82, 2.24) is 0 Å². The first-order chi connectivity index (χ1) is 23.6. The third-order valence-electron chi connectivity index (χ3n) is 9.93. The van der Waals surface area contributed by atoms with E-state index in [1.165, 1.54) is 199 Å². The van der Waals surface area contributed by atoms with E-state index >= 15 is 0 Å². The lowest BCUT2D eigenvalue weighted by atomic mass is 9.97. The summed E-state index contributed by atoms with van der Waals surface area (Å²) in [6.07, 6.45) is 53.3. The highest BCUT2D eigenvalue weighted by atomic mass is 16.4. The van der Waals surface area contributed by atoms with Crippen molar-refractivity contribution in [1.29, 1.82) is 0 Å². The Balaban J connectivity index is 3.80. The normalized spacial score (nSPS) is 12.0. The average molecular weight is 675 g/mol. The Kier molecular flexibility index (Phi) is 38.5. The number of carbonyl (C=O) groups is 2. The highest BCUT2D eigenvalue weighted by Gasteiger charge is 2.02. The highest BCUT2D eigenvalue weighted by Crippen LogP contribution is 2.21. The van der Waals surface area contributed by atoms with Gasteiger partial charge in [0, 0.05) is 12.8 Å². The molecule has 0 unspecified atom stereocenters. The van der Waals surface area contributed by atoms with Gasteiger partial charge in [-0.1, -0.05) is 178 Å². The Hall–Kier alpha value is -1.58. The SMILES string of the molecule is CCCCCCCCC(=CCCCCCCCCCCCC(=O)O)CCCCCCCCC=CCCCCCCCCCCCC(=O)O. The summed E-state index contributed by atoms with van der Waals surface area (Å²) in [5.74, 6) is -1.32. The number of carboxylic acid groups (broad SMARTS) is 2. The van der Waals surface area contributed by atoms with Crippen LogP contribution in [0.1, 0.15) is 244 Å². The van der Waals surface area contributed by atoms with E-state index in [1.807, 2.05) is 0 Å². The number of rotatable bonds is 40. The molecule has 0 saturated carbocycles. The van der Waals surface area contributed by atoms with Gasteiger partial charge < -0.3 is 10.2 Å². The quantitative estimate of drug-likeness (QED) is 0.0501. The maximum atomic E-state index is 10.6. The van der Waals surface area contributed by atoms with Crippen LogP contribution in [0.25, 0.3) is 0 Å². The van der Waals surface area contributed by atoms with Gasteiger partial charge in [0.2, 0.25) is 0 Å². The van der Waals surface area contributed by atoms with E-state index in [-0.39, 0.29) is 0 Å². The maximum Gasteiger partial charge on any atom is 0.303 e. The first-order valence-electron chi connectivity index (χ1n) is 21.3. The van der Waals surface area contributed by atoms with Crippen molar-refractivity contribution in [2.45, 2.75) is 244 Å². The van der Waals surface area contributed by atoms with Crippen LogP contribution in [0, 0.1) is 0 Å². The van der Waals surface area contributed by atoms with Gasteiger partial charge in [-0.2, -0.15) is 0 Å². The lowest BCUT2D eigenvalue weighted by Gasteiger charge is -2.09. The number of unbranched alkanes of at least 4 members (excludes halogenated alkanes) is 29. The van der Waals surface area contributed by atoms with E-state index in [4.69, 9.17) is 10.2 Å². The fraction of sp³-hybridized carbons (Fsp3) is 0.864. The summed E-state index contributed by atoms with van der Waals surface area (Å²) in [7, 11) is 0. The highest BCUT2D eigenvalue weighted by molar-refractivity contribution is 5.66. The van der Waals surface area contributed by atoms with Crippen molar-refractivity contribution in [2.75, 3.05) is 0 Å². The Morgan fingerprint density at radius 3 is 0.958 bits per heavy atom. The zero-order chi connectivity index (χ0) is 35.0. The molecule has 0 fully saturated rings. The third-order valence-corrected chi connectivity index (χ3v) is 9.93. The van der Waals surface area contributed by atoms with Crippen molar-refractivity contribution < 1.29 is 19.8 Å². The van der Waals surface area contributed by atoms with E-state index in [9.17, 15) is 9.59 Å². The number of allylic oxidation sites excluding steroid dienone is 4. The number of hydrogen-bond donors (Lipinski definition) is 2. The molecule has 0 aliphatic heterocycles. The second-order valence-electron chi connectivity index (χ2n) is 14.7. The molecule has 0 aliphatic carbocycles. The molecule has 0 spiro atoms. The predicted molar refractivity (Wildman–Crippen MR) is 209 cm³/mol. The van der Waals surface area contributed by atoms with Crippen LogP contribution in [-0.2, 0) is 9.59 Å². The van der Waals surface area contributed by atoms with E-state index in [0.29, 0.717) is 12.8 Å². The summed E-state index contributed by atoms with van der Waals surface area (Å²) in [5, 5.41) is 17.4. The summed E-state index contributed by atoms with van der Waals surface area (Å²) >= 11 is 0. The standard InChI is InChI=1S/C44H82O4/c1-2-3-4-5-27-32-37-42(39-34-29-24-20-17-18-22-26-31-36-41-44(47)48)38-33-28-23-19-15-13-11-9-7-6-8-10-12-14-16-21-25-30-35-40-43(45)46/h7,9,39H,2-6,8,10-38,40-41H2,1H3,(H,45,46)(H,47,48). The van der Waals surface area contributed by atoms with Crippen molar-refractivity contribution in [2.24, 2.45) is 0 Å². The molecule has 4 nitrogen and oxygen atoms in total. The van der Waals surface area contributed by atoms with Gasteiger partial charge in [0.15, 0.2) is 0 Å². The van der Waals surface area contributed by atoms with Gasteiger partial charge in [-0.05, 0) is 77.0 Å². The molecule has 0 aromatic rings. The monoisotopic (exact) mass is 675 g/mol. The Bertz CT molecular complexity index is 740. The van der Waals surface area contributed by atoms with E-state index < -0.39 is 11.9 Å². The number of hydrogen-bond acceptors (Lipinski definition) is 2. The molecule has 48 heavy (non-hydrogen) atoms. The molecule has 0 amide bonds. The van der Waals surface area contributed by atoms with Gasteiger partial charge in [-0.25, -0.2) is 0 Å². The number of aliphatic carboxylic acids is 2. The molecular weight excluding hydrogens is 592 g/mol. The molecule has 2 N–H and O–H groups in total. The molecule has 0 aromatic carbocycles. The molecule has 4 heteroatoms. The Morgan fingerprint density at radius 1 is 0.354 bits per heavy atom. The number of carboxylic acids is 2. The van der Waals surface area contributed by atoms with Crippen LogP contribution in [0.2, 0.25) is 0 Å². The van der Waals surface area contributed by atoms with Crippen LogP contribution < -0.4 is 0 Å². The fourth-order valence-electron chi connectivity index (χ4n) is 6.76. The second kappa shape index (κ2) is 39.9. The maximum absolute atomic E-state index is 10.6. The lowest BCUT2D eigenvalue weighted by Crippen LogP contribution is -1.93. The molecule has 0 atom stereocenters. The van der Waals surface area contributed by atoms with Crippen molar-refractivity contribution in [3.63, 3.8) is 0 Å². The van der Waals surface area contributed by atoms with Gasteiger partial charge in [-0.15, -0.1) is 0 Å². The summed E-state index contributed by atoms with van der Waals surface area (Å²) in [6, 6.07) is 0. The van der Waals surface area contributed by atoms with Crippen LogP contribution in [-0.4, -0.2) is 22.2 Å². The van der Waals surface area contributed by atoms with Crippen molar-refractivity contribution >= 4 is 11.9 Å². The topological polar surface area (TPSA) is 74.6 Å². The molecule has 0 bridgehead atoms. The van der Waals surface area contributed by atoms with Crippen LogP contribution in [0.4, 0.5) is 0 Å². The lowest BCUT2D eigenvalue weighted by molar-refractivity contribution is -0.138. The zero-order valence-electron chi connectivity index (χ0n) is 32.1. The smallest absolute Gasteiger partial charge is 0.303 e. The van der Waals surface area contributed by atoms with E-state index in [1.54, 1.807) is 5.57 Å². The Labute approximate surface area is 299 Å². The van der Waals surface area contributed by atoms with Crippen LogP contribution in [0.15, 0.2) is 23.8 Å². The molecule has 0 saturated heterocycles. The minimum absolute atomic E-state index is 0.331. The molecule has 0 radical (unpaired) electrons. The van der Waals surface area contributed by atoms with E-state index in [2.05, 4.69) is 25.2 Å².